The molecule has 0 radical (unpaired) electrons. The maximum Gasteiger partial charge on any atom is 0.283 e. The van der Waals surface area contributed by atoms with Crippen LogP contribution in [0.4, 0.5) is 0 Å². The highest BCUT2D eigenvalue weighted by Crippen LogP contribution is 2.31. The Morgan fingerprint density at radius 3 is 2.45 bits per heavy atom. The summed E-state index contributed by atoms with van der Waals surface area (Å²) in [6, 6.07) is 14.6. The molecule has 170 valence electrons. The van der Waals surface area contributed by atoms with E-state index in [2.05, 4.69) is 10.1 Å². The molecule has 1 N–H and O–H groups in total. The number of thioether (sulfide) groups is 1. The lowest BCUT2D eigenvalue weighted by molar-refractivity contribution is -0.114. The lowest BCUT2D eigenvalue weighted by Crippen LogP contribution is -2.35. The molecule has 0 bridgehead atoms. The van der Waals surface area contributed by atoms with Gasteiger partial charge in [0, 0.05) is 5.92 Å². The summed E-state index contributed by atoms with van der Waals surface area (Å²) < 4.78 is 16.6. The van der Waals surface area contributed by atoms with Gasteiger partial charge in [0.05, 0.1) is 12.7 Å². The van der Waals surface area contributed by atoms with E-state index in [0.717, 1.165) is 22.1 Å². The summed E-state index contributed by atoms with van der Waals surface area (Å²) in [5.41, 5.74) is 0.920. The molecule has 2 aliphatic rings. The Labute approximate surface area is 196 Å². The Bertz CT molecular complexity index is 1160. The van der Waals surface area contributed by atoms with E-state index in [-0.39, 0.29) is 17.3 Å². The summed E-state index contributed by atoms with van der Waals surface area (Å²) in [4.78, 5) is 16.7. The maximum atomic E-state index is 12.6. The van der Waals surface area contributed by atoms with Crippen molar-refractivity contribution in [3.05, 3.63) is 59.7 Å². The largest absolute Gasteiger partial charge is 0.497 e. The van der Waals surface area contributed by atoms with Gasteiger partial charge in [0.2, 0.25) is 5.17 Å². The van der Waals surface area contributed by atoms with Crippen LogP contribution in [0.25, 0.3) is 6.08 Å². The molecule has 2 heterocycles. The molecule has 0 unspecified atom stereocenters. The van der Waals surface area contributed by atoms with E-state index in [9.17, 15) is 4.79 Å². The fraction of sp³-hybridized carbons (Fsp3) is 0.250. The summed E-state index contributed by atoms with van der Waals surface area (Å²) >= 11 is 1.33. The number of rotatable bonds is 8. The second-order valence-corrected chi connectivity index (χ2v) is 8.55. The van der Waals surface area contributed by atoms with Crippen molar-refractivity contribution < 1.29 is 19.0 Å². The van der Waals surface area contributed by atoms with E-state index < -0.39 is 5.91 Å². The minimum absolute atomic E-state index is 0.0207. The molecule has 0 aromatic heterocycles. The van der Waals surface area contributed by atoms with E-state index in [4.69, 9.17) is 19.6 Å². The van der Waals surface area contributed by atoms with Gasteiger partial charge in [-0.2, -0.15) is 15.1 Å². The van der Waals surface area contributed by atoms with E-state index in [1.54, 1.807) is 13.2 Å². The number of benzene rings is 2. The average Bonchev–Trinajstić information content (AvgIpc) is 3.25. The van der Waals surface area contributed by atoms with Gasteiger partial charge in [0.15, 0.2) is 5.84 Å². The Hall–Kier alpha value is -3.59. The highest BCUT2D eigenvalue weighted by Gasteiger charge is 2.36. The van der Waals surface area contributed by atoms with Gasteiger partial charge in [0.25, 0.3) is 5.91 Å². The third-order valence-electron chi connectivity index (χ3n) is 4.81. The van der Waals surface area contributed by atoms with Crippen LogP contribution in [-0.4, -0.2) is 47.3 Å². The SMILES string of the molecule is COc1ccc(OCCOc2cccc(/C=C3\C(=N)N4N=C(C(C)C)SC4=NC3=O)c2)cc1. The number of hydrogen-bond donors (Lipinski definition) is 1. The normalized spacial score (nSPS) is 16.6. The van der Waals surface area contributed by atoms with Gasteiger partial charge in [0.1, 0.15) is 35.5 Å². The molecule has 1 amide bonds. The third kappa shape index (κ3) is 5.25. The van der Waals surface area contributed by atoms with E-state index in [0.29, 0.717) is 24.1 Å². The van der Waals surface area contributed by atoms with Crippen LogP contribution < -0.4 is 14.2 Å². The fourth-order valence-corrected chi connectivity index (χ4v) is 3.98. The van der Waals surface area contributed by atoms with Crippen LogP contribution >= 0.6 is 11.8 Å². The lowest BCUT2D eigenvalue weighted by atomic mass is 10.1. The number of fused-ring (bicyclic) bond motifs is 1. The smallest absolute Gasteiger partial charge is 0.283 e. The van der Waals surface area contributed by atoms with Crippen molar-refractivity contribution in [2.24, 2.45) is 16.0 Å². The fourth-order valence-electron chi connectivity index (χ4n) is 3.09. The Balaban J connectivity index is 1.39. The molecule has 0 saturated heterocycles. The number of amidine groups is 2. The van der Waals surface area contributed by atoms with Crippen LogP contribution in [0.5, 0.6) is 17.2 Å². The molecular formula is C24H24N4O4S. The van der Waals surface area contributed by atoms with Crippen molar-refractivity contribution >= 4 is 39.8 Å². The van der Waals surface area contributed by atoms with Crippen LogP contribution in [0.15, 0.2) is 64.2 Å². The average molecular weight is 465 g/mol. The van der Waals surface area contributed by atoms with Gasteiger partial charge in [-0.25, -0.2) is 0 Å². The van der Waals surface area contributed by atoms with Gasteiger partial charge in [-0.15, -0.1) is 0 Å². The first-order valence-electron chi connectivity index (χ1n) is 10.4. The molecule has 0 spiro atoms. The Morgan fingerprint density at radius 1 is 1.06 bits per heavy atom. The highest BCUT2D eigenvalue weighted by molar-refractivity contribution is 8.27. The van der Waals surface area contributed by atoms with E-state index >= 15 is 0 Å². The first kappa shape index (κ1) is 22.6. The summed E-state index contributed by atoms with van der Waals surface area (Å²) in [6.45, 7) is 4.76. The van der Waals surface area contributed by atoms with Gasteiger partial charge >= 0.3 is 0 Å². The first-order valence-corrected chi connectivity index (χ1v) is 11.3. The van der Waals surface area contributed by atoms with Crippen molar-refractivity contribution in [3.63, 3.8) is 0 Å². The second kappa shape index (κ2) is 9.91. The molecule has 2 aliphatic heterocycles. The minimum atomic E-state index is -0.446. The Morgan fingerprint density at radius 2 is 1.76 bits per heavy atom. The number of carbonyl (C=O) groups excluding carboxylic acids is 1. The Kier molecular flexibility index (Phi) is 6.79. The van der Waals surface area contributed by atoms with Crippen molar-refractivity contribution in [1.82, 2.24) is 5.01 Å². The second-order valence-electron chi connectivity index (χ2n) is 7.56. The number of ether oxygens (including phenoxy) is 3. The van der Waals surface area contributed by atoms with Crippen LogP contribution in [0.1, 0.15) is 19.4 Å². The van der Waals surface area contributed by atoms with Gasteiger partial charge in [-0.3, -0.25) is 10.2 Å². The maximum absolute atomic E-state index is 12.6. The van der Waals surface area contributed by atoms with E-state index in [1.165, 1.54) is 16.8 Å². The monoisotopic (exact) mass is 464 g/mol. The number of nitrogens with one attached hydrogen (secondary N) is 1. The number of aliphatic imine (C=N–C) groups is 1. The highest BCUT2D eigenvalue weighted by atomic mass is 32.2. The van der Waals surface area contributed by atoms with Crippen molar-refractivity contribution in [2.45, 2.75) is 13.8 Å². The molecule has 0 fully saturated rings. The summed E-state index contributed by atoms with van der Waals surface area (Å²) in [5, 5.41) is 15.6. The van der Waals surface area contributed by atoms with Crippen LogP contribution in [0.3, 0.4) is 0 Å². The zero-order chi connectivity index (χ0) is 23.4. The number of hydrogen-bond acceptors (Lipinski definition) is 7. The zero-order valence-electron chi connectivity index (χ0n) is 18.6. The third-order valence-corrected chi connectivity index (χ3v) is 6.02. The molecule has 2 aromatic carbocycles. The number of methoxy groups -OCH3 is 1. The molecule has 9 heteroatoms. The quantitative estimate of drug-likeness (QED) is 0.459. The summed E-state index contributed by atoms with van der Waals surface area (Å²) in [6.07, 6.45) is 1.64. The number of carbonyl (C=O) groups is 1. The molecule has 2 aromatic rings. The summed E-state index contributed by atoms with van der Waals surface area (Å²) in [7, 11) is 1.62. The molecular weight excluding hydrogens is 440 g/mol. The summed E-state index contributed by atoms with van der Waals surface area (Å²) in [5.74, 6) is 1.91. The topological polar surface area (TPSA) is 96.6 Å². The molecule has 4 rings (SSSR count). The van der Waals surface area contributed by atoms with Gasteiger partial charge in [-0.05, 0) is 59.8 Å². The number of nitrogens with zero attached hydrogens (tertiary/aromatic N) is 3. The van der Waals surface area contributed by atoms with Gasteiger partial charge < -0.3 is 14.2 Å². The van der Waals surface area contributed by atoms with Crippen LogP contribution in [0.2, 0.25) is 0 Å². The van der Waals surface area contributed by atoms with E-state index in [1.807, 2.05) is 62.4 Å². The number of amides is 1. The van der Waals surface area contributed by atoms with Gasteiger partial charge in [-0.1, -0.05) is 26.0 Å². The predicted octanol–water partition coefficient (Wildman–Crippen LogP) is 4.43. The lowest BCUT2D eigenvalue weighted by Gasteiger charge is -2.20. The molecule has 0 saturated carbocycles. The van der Waals surface area contributed by atoms with Crippen LogP contribution in [-0.2, 0) is 4.79 Å². The molecule has 33 heavy (non-hydrogen) atoms. The van der Waals surface area contributed by atoms with Crippen molar-refractivity contribution in [1.29, 1.82) is 5.41 Å². The minimum Gasteiger partial charge on any atom is -0.497 e. The standard InChI is InChI=1S/C24H24N4O4S/c1-15(2)23-27-28-21(25)20(22(29)26-24(28)33-23)14-16-5-4-6-19(13-16)32-12-11-31-18-9-7-17(30-3)8-10-18/h4-10,13-15,25H,11-12H2,1-3H3/b20-14+,25-21?. The van der Waals surface area contributed by atoms with Crippen LogP contribution in [0, 0.1) is 11.3 Å². The number of hydrazone groups is 1. The van der Waals surface area contributed by atoms with Crippen molar-refractivity contribution in [2.75, 3.05) is 20.3 Å². The molecule has 0 aliphatic carbocycles. The predicted molar refractivity (Wildman–Crippen MR) is 130 cm³/mol. The first-order chi connectivity index (χ1) is 15.9. The molecule has 0 atom stereocenters. The van der Waals surface area contributed by atoms with Crippen molar-refractivity contribution in [3.8, 4) is 17.2 Å². The molecule has 8 nitrogen and oxygen atoms in total. The zero-order valence-corrected chi connectivity index (χ0v) is 19.4.